The van der Waals surface area contributed by atoms with Crippen molar-refractivity contribution in [1.82, 2.24) is 4.98 Å². The van der Waals surface area contributed by atoms with E-state index in [1.165, 1.54) is 5.56 Å². The van der Waals surface area contributed by atoms with Crippen molar-refractivity contribution < 1.29 is 9.53 Å². The van der Waals surface area contributed by atoms with E-state index in [4.69, 9.17) is 10.5 Å². The summed E-state index contributed by atoms with van der Waals surface area (Å²) in [6, 6.07) is 11.5. The smallest absolute Gasteiger partial charge is 0.227 e. The van der Waals surface area contributed by atoms with Gasteiger partial charge in [-0.25, -0.2) is 4.98 Å². The van der Waals surface area contributed by atoms with Crippen molar-refractivity contribution in [2.75, 3.05) is 17.7 Å². The van der Waals surface area contributed by atoms with Crippen molar-refractivity contribution in [2.45, 2.75) is 18.9 Å². The minimum absolute atomic E-state index is 0.0942. The number of fused-ring (bicyclic) bond motifs is 1. The number of aromatic nitrogens is 1. The molecular formula is C16H17N3O2. The number of amides is 1. The van der Waals surface area contributed by atoms with Crippen LogP contribution in [0.3, 0.4) is 0 Å². The van der Waals surface area contributed by atoms with Crippen LogP contribution in [-0.4, -0.2) is 17.5 Å². The number of pyridine rings is 1. The number of nitrogen functional groups attached to an aromatic ring is 1. The predicted octanol–water partition coefficient (Wildman–Crippen LogP) is 2.31. The lowest BCUT2D eigenvalue weighted by atomic mass is 9.95. The van der Waals surface area contributed by atoms with Gasteiger partial charge in [0, 0.05) is 0 Å². The highest BCUT2D eigenvalue weighted by molar-refractivity contribution is 5.91. The van der Waals surface area contributed by atoms with E-state index in [1.807, 2.05) is 18.2 Å². The molecule has 1 aliphatic rings. The summed E-state index contributed by atoms with van der Waals surface area (Å²) < 4.78 is 5.74. The van der Waals surface area contributed by atoms with E-state index in [0.29, 0.717) is 24.5 Å². The summed E-state index contributed by atoms with van der Waals surface area (Å²) >= 11 is 0. The van der Waals surface area contributed by atoms with Gasteiger partial charge in [-0.2, -0.15) is 0 Å². The SMILES string of the molecule is Nc1ccc(NC(=O)CC2OCCc3ccccc32)cn1. The summed E-state index contributed by atoms with van der Waals surface area (Å²) in [4.78, 5) is 16.1. The molecule has 3 rings (SSSR count). The molecule has 1 aliphatic heterocycles. The number of hydrogen-bond acceptors (Lipinski definition) is 4. The van der Waals surface area contributed by atoms with Crippen LogP contribution in [-0.2, 0) is 16.0 Å². The van der Waals surface area contributed by atoms with Gasteiger partial charge in [0.2, 0.25) is 5.91 Å². The Labute approximate surface area is 123 Å². The minimum atomic E-state index is -0.184. The summed E-state index contributed by atoms with van der Waals surface area (Å²) in [6.45, 7) is 0.651. The number of benzene rings is 1. The van der Waals surface area contributed by atoms with Gasteiger partial charge >= 0.3 is 0 Å². The maximum absolute atomic E-state index is 12.1. The molecule has 108 valence electrons. The van der Waals surface area contributed by atoms with Crippen LogP contribution in [0, 0.1) is 0 Å². The second-order valence-corrected chi connectivity index (χ2v) is 5.03. The molecular weight excluding hydrogens is 266 g/mol. The molecule has 1 aromatic heterocycles. The van der Waals surface area contributed by atoms with Crippen LogP contribution in [0.15, 0.2) is 42.6 Å². The Kier molecular flexibility index (Phi) is 3.83. The Bertz CT molecular complexity index is 640. The lowest BCUT2D eigenvalue weighted by Gasteiger charge is -2.25. The molecule has 0 radical (unpaired) electrons. The highest BCUT2D eigenvalue weighted by Crippen LogP contribution is 2.29. The van der Waals surface area contributed by atoms with E-state index in [-0.39, 0.29) is 12.0 Å². The normalized spacial score (nSPS) is 17.0. The first-order valence-electron chi connectivity index (χ1n) is 6.93. The number of nitrogens with two attached hydrogens (primary N) is 1. The second-order valence-electron chi connectivity index (χ2n) is 5.03. The van der Waals surface area contributed by atoms with Gasteiger partial charge in [-0.3, -0.25) is 4.79 Å². The van der Waals surface area contributed by atoms with Gasteiger partial charge in [-0.05, 0) is 29.7 Å². The molecule has 5 nitrogen and oxygen atoms in total. The van der Waals surface area contributed by atoms with Crippen LogP contribution in [0.1, 0.15) is 23.7 Å². The topological polar surface area (TPSA) is 77.2 Å². The molecule has 2 aromatic rings. The van der Waals surface area contributed by atoms with E-state index in [1.54, 1.807) is 18.3 Å². The Morgan fingerprint density at radius 1 is 1.33 bits per heavy atom. The van der Waals surface area contributed by atoms with Crippen molar-refractivity contribution in [3.63, 3.8) is 0 Å². The first-order valence-corrected chi connectivity index (χ1v) is 6.93. The number of carbonyl (C=O) groups is 1. The summed E-state index contributed by atoms with van der Waals surface area (Å²) in [5.41, 5.74) is 8.52. The maximum Gasteiger partial charge on any atom is 0.227 e. The monoisotopic (exact) mass is 283 g/mol. The molecule has 0 bridgehead atoms. The maximum atomic E-state index is 12.1. The van der Waals surface area contributed by atoms with Crippen LogP contribution in [0.4, 0.5) is 11.5 Å². The van der Waals surface area contributed by atoms with Crippen LogP contribution in [0.25, 0.3) is 0 Å². The summed E-state index contributed by atoms with van der Waals surface area (Å²) in [7, 11) is 0. The molecule has 1 atom stereocenters. The van der Waals surface area contributed by atoms with Crippen molar-refractivity contribution in [2.24, 2.45) is 0 Å². The molecule has 0 saturated heterocycles. The quantitative estimate of drug-likeness (QED) is 0.906. The fourth-order valence-corrected chi connectivity index (χ4v) is 2.51. The van der Waals surface area contributed by atoms with Gasteiger partial charge in [-0.15, -0.1) is 0 Å². The van der Waals surface area contributed by atoms with Gasteiger partial charge in [0.15, 0.2) is 0 Å². The molecule has 1 unspecified atom stereocenters. The molecule has 1 aromatic carbocycles. The van der Waals surface area contributed by atoms with Crippen LogP contribution < -0.4 is 11.1 Å². The number of ether oxygens (including phenoxy) is 1. The third-order valence-electron chi connectivity index (χ3n) is 3.53. The van der Waals surface area contributed by atoms with Gasteiger partial charge in [0.1, 0.15) is 5.82 Å². The van der Waals surface area contributed by atoms with Gasteiger partial charge < -0.3 is 15.8 Å². The summed E-state index contributed by atoms with van der Waals surface area (Å²) in [5, 5.41) is 2.81. The number of hydrogen-bond donors (Lipinski definition) is 2. The standard InChI is InChI=1S/C16H17N3O2/c17-15-6-5-12(10-18-15)19-16(20)9-14-13-4-2-1-3-11(13)7-8-21-14/h1-6,10,14H,7-9H2,(H2,17,18)(H,19,20). The number of anilines is 2. The molecule has 2 heterocycles. The van der Waals surface area contributed by atoms with Crippen molar-refractivity contribution >= 4 is 17.4 Å². The van der Waals surface area contributed by atoms with E-state index in [9.17, 15) is 4.79 Å². The van der Waals surface area contributed by atoms with E-state index in [2.05, 4.69) is 16.4 Å². The average Bonchev–Trinajstić information content (AvgIpc) is 2.50. The highest BCUT2D eigenvalue weighted by Gasteiger charge is 2.23. The lowest BCUT2D eigenvalue weighted by molar-refractivity contribution is -0.119. The largest absolute Gasteiger partial charge is 0.384 e. The third-order valence-corrected chi connectivity index (χ3v) is 3.53. The Hall–Kier alpha value is -2.40. The second kappa shape index (κ2) is 5.93. The van der Waals surface area contributed by atoms with Crippen LogP contribution in [0.2, 0.25) is 0 Å². The zero-order valence-corrected chi connectivity index (χ0v) is 11.6. The van der Waals surface area contributed by atoms with Crippen LogP contribution in [0.5, 0.6) is 0 Å². The van der Waals surface area contributed by atoms with Gasteiger partial charge in [0.05, 0.1) is 31.0 Å². The zero-order valence-electron chi connectivity index (χ0n) is 11.6. The molecule has 0 spiro atoms. The fraction of sp³-hybridized carbons (Fsp3) is 0.250. The molecule has 0 aliphatic carbocycles. The average molecular weight is 283 g/mol. The van der Waals surface area contributed by atoms with Crippen molar-refractivity contribution in [3.05, 3.63) is 53.7 Å². The molecule has 5 heteroatoms. The zero-order chi connectivity index (χ0) is 14.7. The molecule has 21 heavy (non-hydrogen) atoms. The number of rotatable bonds is 3. The van der Waals surface area contributed by atoms with E-state index >= 15 is 0 Å². The minimum Gasteiger partial charge on any atom is -0.384 e. The Morgan fingerprint density at radius 2 is 2.19 bits per heavy atom. The first-order chi connectivity index (χ1) is 10.2. The third kappa shape index (κ3) is 3.20. The highest BCUT2D eigenvalue weighted by atomic mass is 16.5. The molecule has 3 N–H and O–H groups in total. The summed E-state index contributed by atoms with van der Waals surface area (Å²) in [6.07, 6.45) is 2.55. The van der Waals surface area contributed by atoms with E-state index < -0.39 is 0 Å². The predicted molar refractivity (Wildman–Crippen MR) is 80.7 cm³/mol. The van der Waals surface area contributed by atoms with Crippen molar-refractivity contribution in [1.29, 1.82) is 0 Å². The fourth-order valence-electron chi connectivity index (χ4n) is 2.51. The number of nitrogens with one attached hydrogen (secondary N) is 1. The lowest BCUT2D eigenvalue weighted by Crippen LogP contribution is -2.22. The van der Waals surface area contributed by atoms with Crippen LogP contribution >= 0.6 is 0 Å². The van der Waals surface area contributed by atoms with Crippen molar-refractivity contribution in [3.8, 4) is 0 Å². The summed E-state index contributed by atoms with van der Waals surface area (Å²) in [5.74, 6) is 0.334. The molecule has 0 saturated carbocycles. The number of nitrogens with zero attached hydrogens (tertiary/aromatic N) is 1. The number of carbonyl (C=O) groups excluding carboxylic acids is 1. The molecule has 1 amide bonds. The molecule has 0 fully saturated rings. The Balaban J connectivity index is 1.67. The first kappa shape index (κ1) is 13.6. The van der Waals surface area contributed by atoms with E-state index in [0.717, 1.165) is 12.0 Å². The van der Waals surface area contributed by atoms with Gasteiger partial charge in [0.25, 0.3) is 0 Å². The Morgan fingerprint density at radius 3 is 3.00 bits per heavy atom. The van der Waals surface area contributed by atoms with Gasteiger partial charge in [-0.1, -0.05) is 24.3 Å².